The molecular weight excluding hydrogens is 658 g/mol. The van der Waals surface area contributed by atoms with Gasteiger partial charge in [-0.15, -0.1) is 0 Å². The minimum atomic E-state index is -4.54. The van der Waals surface area contributed by atoms with Gasteiger partial charge < -0.3 is 29.6 Å². The van der Waals surface area contributed by atoms with Crippen LogP contribution in [0.5, 0.6) is 5.75 Å². The van der Waals surface area contributed by atoms with Crippen LogP contribution >= 0.6 is 11.8 Å². The van der Waals surface area contributed by atoms with E-state index in [-0.39, 0.29) is 70.5 Å². The van der Waals surface area contributed by atoms with E-state index in [1.165, 1.54) is 29.7 Å². The fraction of sp³-hybridized carbons (Fsp3) is 0.419. The van der Waals surface area contributed by atoms with Crippen molar-refractivity contribution < 1.29 is 35.9 Å². The van der Waals surface area contributed by atoms with Gasteiger partial charge in [0.25, 0.3) is 5.91 Å². The van der Waals surface area contributed by atoms with Gasteiger partial charge >= 0.3 is 11.5 Å². The monoisotopic (exact) mass is 690 g/mol. The highest BCUT2D eigenvalue weighted by Crippen LogP contribution is 2.41. The molecule has 2 saturated heterocycles. The number of aromatic nitrogens is 1. The Kier molecular flexibility index (Phi) is 9.12. The number of carbonyl (C=O) groups is 2. The van der Waals surface area contributed by atoms with E-state index in [1.54, 1.807) is 28.1 Å². The van der Waals surface area contributed by atoms with E-state index < -0.39 is 21.4 Å². The highest BCUT2D eigenvalue weighted by molar-refractivity contribution is 8.00. The number of urea groups is 1. The lowest BCUT2D eigenvalue weighted by Gasteiger charge is -2.35. The number of thioether (sulfide) groups is 1. The molecule has 8 bridgehead atoms. The average Bonchev–Trinajstić information content (AvgIpc) is 3.62. The van der Waals surface area contributed by atoms with Crippen molar-refractivity contribution in [1.82, 2.24) is 18.9 Å². The summed E-state index contributed by atoms with van der Waals surface area (Å²) < 4.78 is 75.8. The van der Waals surface area contributed by atoms with Gasteiger partial charge in [-0.05, 0) is 61.6 Å². The number of pyridine rings is 1. The molecule has 0 radical (unpaired) electrons. The van der Waals surface area contributed by atoms with Crippen LogP contribution in [-0.2, 0) is 10.0 Å². The number of rotatable bonds is 2. The molecule has 1 atom stereocenters. The lowest BCUT2D eigenvalue weighted by molar-refractivity contribution is -0.0330. The zero-order valence-electron chi connectivity index (χ0n) is 25.4. The molecule has 6 aliphatic rings. The van der Waals surface area contributed by atoms with Crippen molar-refractivity contribution in [2.75, 3.05) is 56.2 Å². The summed E-state index contributed by atoms with van der Waals surface area (Å²) in [6.45, 7) is 1.66. The number of methoxy groups -OCH3 is 1. The third kappa shape index (κ3) is 7.51. The van der Waals surface area contributed by atoms with Crippen LogP contribution < -0.4 is 20.1 Å². The Balaban J connectivity index is 1.33. The van der Waals surface area contributed by atoms with Crippen molar-refractivity contribution in [3.05, 3.63) is 53.7 Å². The first-order valence-corrected chi connectivity index (χ1v) is 17.5. The SMILES string of the molecule is COc1cc2ccc1NCC#Cc1cc3c(cccn3c1SC(F)(F)F)NC1CCN(CC1)C(=O)N1CC[C@@H](C1)CS(=O)(=O)NC2=O. The Morgan fingerprint density at radius 2 is 1.79 bits per heavy atom. The largest absolute Gasteiger partial charge is 0.495 e. The van der Waals surface area contributed by atoms with Crippen LogP contribution in [0.25, 0.3) is 5.52 Å². The van der Waals surface area contributed by atoms with E-state index in [4.69, 9.17) is 4.74 Å². The third-order valence-corrected chi connectivity index (χ3v) is 10.7. The van der Waals surface area contributed by atoms with Gasteiger partial charge in [-0.3, -0.25) is 4.79 Å². The maximum absolute atomic E-state index is 13.7. The highest BCUT2D eigenvalue weighted by Gasteiger charge is 2.35. The van der Waals surface area contributed by atoms with Crippen molar-refractivity contribution in [1.29, 1.82) is 0 Å². The van der Waals surface area contributed by atoms with E-state index in [1.807, 2.05) is 6.07 Å². The molecule has 3 N–H and O–H groups in total. The Morgan fingerprint density at radius 1 is 1.02 bits per heavy atom. The van der Waals surface area contributed by atoms with Crippen LogP contribution in [0.3, 0.4) is 0 Å². The van der Waals surface area contributed by atoms with Crippen LogP contribution in [0, 0.1) is 17.8 Å². The van der Waals surface area contributed by atoms with Crippen molar-refractivity contribution in [3.8, 4) is 17.6 Å². The van der Waals surface area contributed by atoms with Crippen molar-refractivity contribution in [3.63, 3.8) is 0 Å². The summed E-state index contributed by atoms with van der Waals surface area (Å²) in [7, 11) is -2.61. The summed E-state index contributed by atoms with van der Waals surface area (Å²) in [5.74, 6) is 4.55. The number of sulfonamides is 1. The second-order valence-electron chi connectivity index (χ2n) is 11.7. The first-order valence-electron chi connectivity index (χ1n) is 15.0. The quantitative estimate of drug-likeness (QED) is 0.267. The Bertz CT molecular complexity index is 1860. The number of anilines is 2. The minimum absolute atomic E-state index is 0.0200. The number of nitrogens with zero attached hydrogens (tertiary/aromatic N) is 3. The van der Waals surface area contributed by atoms with E-state index in [9.17, 15) is 31.2 Å². The van der Waals surface area contributed by atoms with E-state index in [2.05, 4.69) is 27.2 Å². The number of hydrogen-bond acceptors (Lipinski definition) is 8. The summed E-state index contributed by atoms with van der Waals surface area (Å²) in [6, 6.07) is 9.29. The highest BCUT2D eigenvalue weighted by atomic mass is 32.2. The van der Waals surface area contributed by atoms with Gasteiger partial charge in [-0.25, -0.2) is 17.9 Å². The fourth-order valence-corrected chi connectivity index (χ4v) is 8.26. The number of amides is 3. The molecule has 2 fully saturated rings. The maximum atomic E-state index is 13.7. The molecule has 0 aliphatic carbocycles. The number of benzene rings is 1. The molecule has 16 heteroatoms. The number of ether oxygens (including phenoxy) is 1. The fourth-order valence-electron chi connectivity index (χ4n) is 6.19. The Morgan fingerprint density at radius 3 is 2.53 bits per heavy atom. The summed E-state index contributed by atoms with van der Waals surface area (Å²) in [6.07, 6.45) is 3.31. The summed E-state index contributed by atoms with van der Waals surface area (Å²) >= 11 is -0.232. The molecule has 0 spiro atoms. The molecule has 8 heterocycles. The van der Waals surface area contributed by atoms with Gasteiger partial charge in [0.15, 0.2) is 0 Å². The summed E-state index contributed by atoms with van der Waals surface area (Å²) in [4.78, 5) is 29.6. The van der Waals surface area contributed by atoms with Gasteiger partial charge in [-0.1, -0.05) is 11.8 Å². The molecule has 3 aromatic rings. The van der Waals surface area contributed by atoms with E-state index in [0.717, 1.165) is 0 Å². The summed E-state index contributed by atoms with van der Waals surface area (Å²) in [5.41, 5.74) is -2.62. The Labute approximate surface area is 274 Å². The van der Waals surface area contributed by atoms with E-state index in [0.29, 0.717) is 55.8 Å². The van der Waals surface area contributed by atoms with Crippen molar-refractivity contribution >= 4 is 50.6 Å². The molecule has 3 amide bonds. The van der Waals surface area contributed by atoms with Gasteiger partial charge in [-0.2, -0.15) is 13.2 Å². The average molecular weight is 691 g/mol. The number of nitrogens with one attached hydrogen (secondary N) is 3. The van der Waals surface area contributed by atoms with E-state index >= 15 is 0 Å². The van der Waals surface area contributed by atoms with Crippen LogP contribution in [0.15, 0.2) is 47.6 Å². The normalized spacial score (nSPS) is 21.8. The number of halogens is 3. The molecule has 250 valence electrons. The molecule has 0 saturated carbocycles. The maximum Gasteiger partial charge on any atom is 0.447 e. The lowest BCUT2D eigenvalue weighted by Crippen LogP contribution is -2.48. The third-order valence-electron chi connectivity index (χ3n) is 8.41. The molecule has 1 aromatic carbocycles. The van der Waals surface area contributed by atoms with Gasteiger partial charge in [0, 0.05) is 55.7 Å². The molecule has 2 aromatic heterocycles. The molecule has 6 aliphatic heterocycles. The number of piperidine rings is 1. The van der Waals surface area contributed by atoms with Crippen LogP contribution in [-0.4, -0.2) is 91.7 Å². The number of hydrogen-bond donors (Lipinski definition) is 3. The second kappa shape index (κ2) is 13.1. The first-order chi connectivity index (χ1) is 22.4. The van der Waals surface area contributed by atoms with Crippen LogP contribution in [0.1, 0.15) is 35.2 Å². The second-order valence-corrected chi connectivity index (χ2v) is 14.5. The minimum Gasteiger partial charge on any atom is -0.495 e. The molecule has 0 unspecified atom stereocenters. The molecule has 11 nitrogen and oxygen atoms in total. The smallest absolute Gasteiger partial charge is 0.447 e. The van der Waals surface area contributed by atoms with Gasteiger partial charge in [0.05, 0.1) is 41.9 Å². The first kappa shape index (κ1) is 32.7. The lowest BCUT2D eigenvalue weighted by atomic mass is 10.0. The van der Waals surface area contributed by atoms with Gasteiger partial charge in [0.2, 0.25) is 10.0 Å². The van der Waals surface area contributed by atoms with Crippen molar-refractivity contribution in [2.24, 2.45) is 5.92 Å². The van der Waals surface area contributed by atoms with Crippen LogP contribution in [0.2, 0.25) is 0 Å². The number of alkyl halides is 3. The predicted molar refractivity (Wildman–Crippen MR) is 172 cm³/mol. The number of carbonyl (C=O) groups excluding carboxylic acids is 2. The Hall–Kier alpha value is -4.23. The van der Waals surface area contributed by atoms with Crippen molar-refractivity contribution in [2.45, 2.75) is 35.8 Å². The zero-order valence-corrected chi connectivity index (χ0v) is 27.0. The summed E-state index contributed by atoms with van der Waals surface area (Å²) in [5, 5.41) is 6.45. The standard InChI is InChI=1S/C31H33F3N6O5S2/c1-45-27-17-21-6-7-25(27)35-11-2-4-22-16-26-24(5-3-12-40(26)29(22)46-31(32,33)34)36-23-9-14-38(15-10-23)30(42)39-13-8-20(18-39)19-47(43,44)37-28(21)41/h3,5-7,12,16-17,20,23,35-36H,8-11,13-15,18-19H2,1H3,(H,37,41)/t20-/m0/s1. The molecular formula is C31H33F3N6O5S2. The van der Waals surface area contributed by atoms with Crippen LogP contribution in [0.4, 0.5) is 29.3 Å². The van der Waals surface area contributed by atoms with Gasteiger partial charge in [0.1, 0.15) is 10.8 Å². The zero-order chi connectivity index (χ0) is 33.3. The predicted octanol–water partition coefficient (Wildman–Crippen LogP) is 4.41. The molecule has 9 rings (SSSR count). The molecule has 47 heavy (non-hydrogen) atoms. The topological polar surface area (TPSA) is 124 Å².